The van der Waals surface area contributed by atoms with Crippen LogP contribution in [0.4, 0.5) is 4.79 Å². The van der Waals surface area contributed by atoms with Crippen molar-refractivity contribution in [3.05, 3.63) is 40.4 Å². The fourth-order valence-corrected chi connectivity index (χ4v) is 3.25. The Kier molecular flexibility index (Phi) is 7.56. The Morgan fingerprint density at radius 2 is 1.96 bits per heavy atom. The molecule has 27 heavy (non-hydrogen) atoms. The van der Waals surface area contributed by atoms with Gasteiger partial charge in [0.2, 0.25) is 5.91 Å². The molecule has 2 rings (SSSR count). The van der Waals surface area contributed by atoms with Gasteiger partial charge in [0, 0.05) is 22.5 Å². The minimum atomic E-state index is -1.14. The first-order valence-corrected chi connectivity index (χ1v) is 9.36. The maximum atomic E-state index is 12.1. The summed E-state index contributed by atoms with van der Waals surface area (Å²) in [6, 6.07) is 5.48. The number of halogens is 1. The number of urea groups is 1. The van der Waals surface area contributed by atoms with E-state index in [9.17, 15) is 19.5 Å². The summed E-state index contributed by atoms with van der Waals surface area (Å²) in [6.07, 6.45) is 0.527. The highest BCUT2D eigenvalue weighted by molar-refractivity contribution is 7.13. The number of carbonyl (C=O) groups is 3. The smallest absolute Gasteiger partial charge is 0.326 e. The van der Waals surface area contributed by atoms with Crippen LogP contribution >= 0.6 is 22.9 Å². The van der Waals surface area contributed by atoms with E-state index in [-0.39, 0.29) is 19.4 Å². The number of thiazole rings is 1. The van der Waals surface area contributed by atoms with E-state index in [4.69, 9.17) is 17.3 Å². The van der Waals surface area contributed by atoms with E-state index in [0.29, 0.717) is 17.1 Å². The van der Waals surface area contributed by atoms with Crippen LogP contribution in [0.25, 0.3) is 10.6 Å². The van der Waals surface area contributed by atoms with Crippen molar-refractivity contribution in [3.63, 3.8) is 0 Å². The van der Waals surface area contributed by atoms with E-state index in [1.165, 1.54) is 11.3 Å². The van der Waals surface area contributed by atoms with E-state index in [1.54, 1.807) is 17.5 Å². The highest BCUT2D eigenvalue weighted by atomic mass is 35.5. The van der Waals surface area contributed by atoms with Gasteiger partial charge in [-0.1, -0.05) is 23.7 Å². The lowest BCUT2D eigenvalue weighted by atomic mass is 10.1. The Morgan fingerprint density at radius 3 is 2.59 bits per heavy atom. The molecule has 0 aliphatic rings. The molecule has 0 bridgehead atoms. The number of aromatic nitrogens is 1. The summed E-state index contributed by atoms with van der Waals surface area (Å²) in [5.74, 6) is -1.57. The highest BCUT2D eigenvalue weighted by Gasteiger charge is 2.20. The molecule has 5 N–H and O–H groups in total. The van der Waals surface area contributed by atoms with Gasteiger partial charge in [-0.3, -0.25) is 4.79 Å². The summed E-state index contributed by atoms with van der Waals surface area (Å²) in [4.78, 5) is 38.4. The van der Waals surface area contributed by atoms with Crippen molar-refractivity contribution < 1.29 is 19.5 Å². The summed E-state index contributed by atoms with van der Waals surface area (Å²) in [5.41, 5.74) is 6.39. The molecule has 0 spiro atoms. The lowest BCUT2D eigenvalue weighted by molar-refractivity contribution is -0.141. The fraction of sp³-hybridized carbons (Fsp3) is 0.294. The summed E-state index contributed by atoms with van der Waals surface area (Å²) >= 11 is 7.26. The third-order valence-corrected chi connectivity index (χ3v) is 4.78. The normalized spacial score (nSPS) is 11.6. The van der Waals surface area contributed by atoms with Gasteiger partial charge in [0.05, 0.1) is 12.1 Å². The number of nitrogens with one attached hydrogen (secondary N) is 2. The number of carbonyl (C=O) groups excluding carboxylic acids is 2. The van der Waals surface area contributed by atoms with Crippen LogP contribution in [-0.4, -0.2) is 40.6 Å². The number of nitrogens with zero attached hydrogens (tertiary/aromatic N) is 1. The van der Waals surface area contributed by atoms with E-state index >= 15 is 0 Å². The van der Waals surface area contributed by atoms with Gasteiger partial charge in [0.15, 0.2) is 0 Å². The minimum Gasteiger partial charge on any atom is -0.480 e. The van der Waals surface area contributed by atoms with Crippen LogP contribution in [-0.2, 0) is 16.0 Å². The minimum absolute atomic E-state index is 0.0204. The molecule has 0 saturated heterocycles. The maximum absolute atomic E-state index is 12.1. The van der Waals surface area contributed by atoms with Crippen LogP contribution in [0.15, 0.2) is 29.6 Å². The van der Waals surface area contributed by atoms with Crippen LogP contribution in [0.5, 0.6) is 0 Å². The molecule has 8 nitrogen and oxygen atoms in total. The summed E-state index contributed by atoms with van der Waals surface area (Å²) < 4.78 is 0. The van der Waals surface area contributed by atoms with E-state index < -0.39 is 23.9 Å². The topological polar surface area (TPSA) is 134 Å². The van der Waals surface area contributed by atoms with Crippen LogP contribution in [0.3, 0.4) is 0 Å². The molecule has 1 aromatic carbocycles. The molecule has 144 valence electrons. The molecule has 1 heterocycles. The second-order valence-corrected chi connectivity index (χ2v) is 7.01. The third-order valence-electron chi connectivity index (χ3n) is 3.59. The van der Waals surface area contributed by atoms with Gasteiger partial charge >= 0.3 is 12.0 Å². The predicted octanol–water partition coefficient (Wildman–Crippen LogP) is 2.02. The molecule has 0 aliphatic heterocycles. The average molecular weight is 411 g/mol. The number of amides is 3. The maximum Gasteiger partial charge on any atom is 0.326 e. The summed E-state index contributed by atoms with van der Waals surface area (Å²) in [7, 11) is 0. The Hall–Kier alpha value is -2.65. The van der Waals surface area contributed by atoms with Gasteiger partial charge in [-0.2, -0.15) is 0 Å². The largest absolute Gasteiger partial charge is 0.480 e. The van der Waals surface area contributed by atoms with Gasteiger partial charge in [-0.25, -0.2) is 14.6 Å². The molecule has 1 aromatic heterocycles. The van der Waals surface area contributed by atoms with Crippen LogP contribution < -0.4 is 16.4 Å². The first-order valence-electron chi connectivity index (χ1n) is 8.11. The average Bonchev–Trinajstić information content (AvgIpc) is 3.06. The molecule has 1 atom stereocenters. The molecule has 0 radical (unpaired) electrons. The molecule has 0 saturated carbocycles. The Bertz CT molecular complexity index is 810. The molecule has 3 amide bonds. The number of carboxylic acid groups (broad SMARTS) is 1. The zero-order chi connectivity index (χ0) is 19.8. The predicted molar refractivity (Wildman–Crippen MR) is 103 cm³/mol. The van der Waals surface area contributed by atoms with Gasteiger partial charge in [0.25, 0.3) is 0 Å². The van der Waals surface area contributed by atoms with Crippen LogP contribution in [0.2, 0.25) is 5.02 Å². The standard InChI is InChI=1S/C17H19ClN4O4S/c18-11-5-3-10(4-6-11)15-21-12(9-27-15)8-14(23)22-13(16(24)25)2-1-7-20-17(19)26/h3-6,9,13H,1-2,7-8H2,(H,22,23)(H,24,25)(H3,19,20,26)/t13-/m0/s1. The zero-order valence-electron chi connectivity index (χ0n) is 14.3. The summed E-state index contributed by atoms with van der Waals surface area (Å²) in [5, 5.41) is 17.2. The van der Waals surface area contributed by atoms with Crippen LogP contribution in [0, 0.1) is 0 Å². The first-order chi connectivity index (χ1) is 12.8. The van der Waals surface area contributed by atoms with Gasteiger partial charge in [-0.05, 0) is 25.0 Å². The van der Waals surface area contributed by atoms with Crippen molar-refractivity contribution in [2.45, 2.75) is 25.3 Å². The zero-order valence-corrected chi connectivity index (χ0v) is 15.8. The van der Waals surface area contributed by atoms with Crippen molar-refractivity contribution in [2.75, 3.05) is 6.54 Å². The van der Waals surface area contributed by atoms with Crippen molar-refractivity contribution in [2.24, 2.45) is 5.73 Å². The first kappa shape index (κ1) is 20.7. The van der Waals surface area contributed by atoms with E-state index in [1.807, 2.05) is 12.1 Å². The van der Waals surface area contributed by atoms with Crippen molar-refractivity contribution in [1.82, 2.24) is 15.6 Å². The number of rotatable bonds is 9. The molecule has 0 fully saturated rings. The number of nitrogens with two attached hydrogens (primary N) is 1. The number of benzene rings is 1. The number of hydrogen-bond donors (Lipinski definition) is 4. The lowest BCUT2D eigenvalue weighted by Crippen LogP contribution is -2.42. The van der Waals surface area contributed by atoms with Crippen molar-refractivity contribution in [3.8, 4) is 10.6 Å². The molecule has 10 heteroatoms. The SMILES string of the molecule is NC(=O)NCCC[C@H](NC(=O)Cc1csc(-c2ccc(Cl)cc2)n1)C(=O)O. The second kappa shape index (κ2) is 9.89. The second-order valence-electron chi connectivity index (χ2n) is 5.72. The van der Waals surface area contributed by atoms with Gasteiger partial charge < -0.3 is 21.5 Å². The Morgan fingerprint density at radius 1 is 1.26 bits per heavy atom. The molecular weight excluding hydrogens is 392 g/mol. The van der Waals surface area contributed by atoms with Crippen molar-refractivity contribution in [1.29, 1.82) is 0 Å². The number of hydrogen-bond acceptors (Lipinski definition) is 5. The third kappa shape index (κ3) is 6.87. The van der Waals surface area contributed by atoms with Gasteiger partial charge in [-0.15, -0.1) is 11.3 Å². The molecule has 0 unspecified atom stereocenters. The van der Waals surface area contributed by atoms with Crippen LogP contribution in [0.1, 0.15) is 18.5 Å². The highest BCUT2D eigenvalue weighted by Crippen LogP contribution is 2.25. The number of primary amides is 1. The van der Waals surface area contributed by atoms with E-state index in [2.05, 4.69) is 15.6 Å². The Labute approximate surface area is 164 Å². The molecule has 2 aromatic rings. The lowest BCUT2D eigenvalue weighted by Gasteiger charge is -2.14. The molecular formula is C17H19ClN4O4S. The number of aliphatic carboxylic acids is 1. The molecule has 0 aliphatic carbocycles. The quantitative estimate of drug-likeness (QED) is 0.469. The number of carboxylic acids is 1. The van der Waals surface area contributed by atoms with Crippen molar-refractivity contribution >= 4 is 40.8 Å². The fourth-order valence-electron chi connectivity index (χ4n) is 2.30. The van der Waals surface area contributed by atoms with E-state index in [0.717, 1.165) is 10.6 Å². The Balaban J connectivity index is 1.88. The van der Waals surface area contributed by atoms with Gasteiger partial charge in [0.1, 0.15) is 11.0 Å². The summed E-state index contributed by atoms with van der Waals surface area (Å²) in [6.45, 7) is 0.242. The monoisotopic (exact) mass is 410 g/mol.